The minimum Gasteiger partial charge on any atom is -0.474 e. The van der Waals surface area contributed by atoms with E-state index in [2.05, 4.69) is 16.7 Å². The van der Waals surface area contributed by atoms with Crippen LogP contribution in [0.15, 0.2) is 30.3 Å². The van der Waals surface area contributed by atoms with Gasteiger partial charge in [0, 0.05) is 51.2 Å². The summed E-state index contributed by atoms with van der Waals surface area (Å²) in [6, 6.07) is 7.67. The van der Waals surface area contributed by atoms with Gasteiger partial charge < -0.3 is 28.7 Å². The van der Waals surface area contributed by atoms with Crippen molar-refractivity contribution >= 4 is 23.7 Å². The predicted molar refractivity (Wildman–Crippen MR) is 181 cm³/mol. The largest absolute Gasteiger partial charge is 0.474 e. The zero-order chi connectivity index (χ0) is 35.5. The van der Waals surface area contributed by atoms with Crippen molar-refractivity contribution in [3.8, 4) is 5.88 Å². The number of ether oxygens (including phenoxy) is 4. The molecule has 2 aromatic rings. The summed E-state index contributed by atoms with van der Waals surface area (Å²) in [6.45, 7) is 16.9. The number of piperazine rings is 1. The van der Waals surface area contributed by atoms with Crippen LogP contribution in [-0.4, -0.2) is 120 Å². The molecule has 0 aliphatic carbocycles. The average Bonchev–Trinajstić information content (AvgIpc) is 3.02. The molecular weight excluding hydrogens is 633 g/mol. The lowest BCUT2D eigenvalue weighted by Gasteiger charge is -2.48. The highest BCUT2D eigenvalue weighted by Crippen LogP contribution is 2.36. The molecule has 0 N–H and O–H groups in total. The smallest absolute Gasteiger partial charge is 0.410 e. The zero-order valence-electron chi connectivity index (χ0n) is 29.7. The first kappa shape index (κ1) is 36.5. The van der Waals surface area contributed by atoms with Gasteiger partial charge in [-0.15, -0.1) is 0 Å². The van der Waals surface area contributed by atoms with Crippen LogP contribution in [0.5, 0.6) is 5.88 Å². The molecule has 12 nitrogen and oxygen atoms in total. The number of esters is 1. The third kappa shape index (κ3) is 9.25. The van der Waals surface area contributed by atoms with Crippen molar-refractivity contribution in [1.82, 2.24) is 19.7 Å². The van der Waals surface area contributed by atoms with E-state index >= 15 is 0 Å². The Morgan fingerprint density at radius 2 is 1.73 bits per heavy atom. The number of hydrogen-bond donors (Lipinski definition) is 0. The van der Waals surface area contributed by atoms with Crippen molar-refractivity contribution in [1.29, 1.82) is 0 Å². The first-order valence-electron chi connectivity index (χ1n) is 17.1. The second kappa shape index (κ2) is 15.4. The fraction of sp³-hybridized carbons (Fsp3) is 0.611. The number of fused-ring (bicyclic) bond motifs is 1. The van der Waals surface area contributed by atoms with Crippen LogP contribution in [0.25, 0.3) is 0 Å². The maximum Gasteiger partial charge on any atom is 0.410 e. The second-order valence-electron chi connectivity index (χ2n) is 14.4. The van der Waals surface area contributed by atoms with E-state index in [0.29, 0.717) is 56.5 Å². The molecule has 0 unspecified atom stereocenters. The fourth-order valence-corrected chi connectivity index (χ4v) is 6.61. The maximum atomic E-state index is 14.4. The first-order chi connectivity index (χ1) is 23.2. The molecule has 0 radical (unpaired) electrons. The summed E-state index contributed by atoms with van der Waals surface area (Å²) < 4.78 is 36.4. The molecule has 49 heavy (non-hydrogen) atoms. The third-order valence-electron chi connectivity index (χ3n) is 9.16. The SMILES string of the molecule is CC(=O)OCc1nc2c(cc1Cc1ccc(F)cc1)N(C(=O)CN1C[C@@H](C)N(C(=O)OC(C)(C)C)C[C@@H]1CN1CCOC[C@H]1C)[C@@H](C)CO2. The molecule has 2 amide bonds. The fourth-order valence-electron chi connectivity index (χ4n) is 6.61. The number of benzene rings is 1. The molecule has 4 atom stereocenters. The molecule has 0 spiro atoms. The quantitative estimate of drug-likeness (QED) is 0.378. The summed E-state index contributed by atoms with van der Waals surface area (Å²) in [5.41, 5.74) is 1.99. The summed E-state index contributed by atoms with van der Waals surface area (Å²) in [6.07, 6.45) is 0.0309. The molecule has 1 aromatic carbocycles. The predicted octanol–water partition coefficient (Wildman–Crippen LogP) is 4.02. The lowest BCUT2D eigenvalue weighted by atomic mass is 10.0. The van der Waals surface area contributed by atoms with Crippen LogP contribution in [0.4, 0.5) is 14.9 Å². The number of carbonyl (C=O) groups excluding carboxylic acids is 3. The number of amides is 2. The Hall–Kier alpha value is -3.81. The van der Waals surface area contributed by atoms with Crippen LogP contribution < -0.4 is 9.64 Å². The summed E-state index contributed by atoms with van der Waals surface area (Å²) in [4.78, 5) is 52.2. The van der Waals surface area contributed by atoms with Gasteiger partial charge in [-0.05, 0) is 77.3 Å². The topological polar surface area (TPSA) is 114 Å². The molecule has 3 aliphatic heterocycles. The molecule has 268 valence electrons. The zero-order valence-corrected chi connectivity index (χ0v) is 29.7. The van der Waals surface area contributed by atoms with E-state index in [4.69, 9.17) is 23.9 Å². The van der Waals surface area contributed by atoms with Gasteiger partial charge in [-0.1, -0.05) is 12.1 Å². The Labute approximate surface area is 288 Å². The Balaban J connectivity index is 1.42. The molecule has 3 aliphatic rings. The highest BCUT2D eigenvalue weighted by atomic mass is 19.1. The Bertz CT molecular complexity index is 1500. The van der Waals surface area contributed by atoms with Gasteiger partial charge in [0.2, 0.25) is 11.8 Å². The lowest BCUT2D eigenvalue weighted by Crippen LogP contribution is -2.64. The maximum absolute atomic E-state index is 14.4. The van der Waals surface area contributed by atoms with E-state index in [-0.39, 0.29) is 61.7 Å². The van der Waals surface area contributed by atoms with Crippen LogP contribution in [0.1, 0.15) is 65.3 Å². The van der Waals surface area contributed by atoms with E-state index in [0.717, 1.165) is 17.7 Å². The Kier molecular flexibility index (Phi) is 11.5. The van der Waals surface area contributed by atoms with Gasteiger partial charge in [-0.25, -0.2) is 14.2 Å². The van der Waals surface area contributed by atoms with Crippen molar-refractivity contribution in [3.63, 3.8) is 0 Å². The van der Waals surface area contributed by atoms with Crippen LogP contribution in [-0.2, 0) is 36.8 Å². The van der Waals surface area contributed by atoms with Crippen molar-refractivity contribution in [2.45, 2.75) is 91.3 Å². The van der Waals surface area contributed by atoms with Crippen LogP contribution >= 0.6 is 0 Å². The van der Waals surface area contributed by atoms with Crippen LogP contribution in [0.2, 0.25) is 0 Å². The molecule has 13 heteroatoms. The van der Waals surface area contributed by atoms with Crippen molar-refractivity contribution in [2.24, 2.45) is 0 Å². The summed E-state index contributed by atoms with van der Waals surface area (Å²) in [5.74, 6) is -0.606. The van der Waals surface area contributed by atoms with Gasteiger partial charge in [-0.2, -0.15) is 0 Å². The minimum atomic E-state index is -0.625. The number of nitrogens with zero attached hydrogens (tertiary/aromatic N) is 5. The molecule has 0 bridgehead atoms. The van der Waals surface area contributed by atoms with E-state index in [1.54, 1.807) is 21.9 Å². The minimum absolute atomic E-state index is 0.0620. The lowest BCUT2D eigenvalue weighted by molar-refractivity contribution is -0.142. The summed E-state index contributed by atoms with van der Waals surface area (Å²) >= 11 is 0. The third-order valence-corrected chi connectivity index (χ3v) is 9.16. The van der Waals surface area contributed by atoms with Gasteiger partial charge in [0.05, 0.1) is 31.5 Å². The number of anilines is 1. The van der Waals surface area contributed by atoms with Gasteiger partial charge >= 0.3 is 12.1 Å². The van der Waals surface area contributed by atoms with Gasteiger partial charge in [0.15, 0.2) is 0 Å². The molecule has 0 saturated carbocycles. The number of pyridine rings is 1. The van der Waals surface area contributed by atoms with Crippen molar-refractivity contribution in [2.75, 3.05) is 57.4 Å². The number of aromatic nitrogens is 1. The monoisotopic (exact) mass is 683 g/mol. The number of morpholine rings is 1. The standard InChI is InChI=1S/C36H50FN5O7/c1-23-16-40(30(17-39-12-13-46-20-24(39)2)18-41(23)35(45)49-36(5,6)7)19-33(44)42-25(3)21-48-34-32(42)15-28(31(38-34)22-47-26(4)43)14-27-8-10-29(37)11-9-27/h8-11,15,23-25,30H,12-14,16-22H2,1-7H3/t23-,24-,25+,30+/m1/s1. The average molecular weight is 684 g/mol. The molecule has 5 rings (SSSR count). The Morgan fingerprint density at radius 1 is 1.00 bits per heavy atom. The van der Waals surface area contributed by atoms with E-state index < -0.39 is 11.6 Å². The molecule has 1 aromatic heterocycles. The number of halogens is 1. The summed E-state index contributed by atoms with van der Waals surface area (Å²) in [5, 5.41) is 0. The van der Waals surface area contributed by atoms with Gasteiger partial charge in [0.25, 0.3) is 0 Å². The molecule has 4 heterocycles. The van der Waals surface area contributed by atoms with Crippen molar-refractivity contribution in [3.05, 3.63) is 53.0 Å². The van der Waals surface area contributed by atoms with Crippen LogP contribution in [0, 0.1) is 5.82 Å². The summed E-state index contributed by atoms with van der Waals surface area (Å²) in [7, 11) is 0. The second-order valence-corrected chi connectivity index (χ2v) is 14.4. The van der Waals surface area contributed by atoms with Gasteiger partial charge in [-0.3, -0.25) is 19.4 Å². The normalized spacial score (nSPS) is 23.4. The Morgan fingerprint density at radius 3 is 2.41 bits per heavy atom. The number of rotatable bonds is 8. The van der Waals surface area contributed by atoms with Crippen molar-refractivity contribution < 1.29 is 37.7 Å². The van der Waals surface area contributed by atoms with Crippen LogP contribution in [0.3, 0.4) is 0 Å². The highest BCUT2D eigenvalue weighted by Gasteiger charge is 2.40. The van der Waals surface area contributed by atoms with E-state index in [9.17, 15) is 18.8 Å². The highest BCUT2D eigenvalue weighted by molar-refractivity contribution is 5.97. The number of hydrogen-bond acceptors (Lipinski definition) is 10. The number of carbonyl (C=O) groups is 3. The van der Waals surface area contributed by atoms with E-state index in [1.165, 1.54) is 19.1 Å². The van der Waals surface area contributed by atoms with E-state index in [1.807, 2.05) is 40.7 Å². The first-order valence-corrected chi connectivity index (χ1v) is 17.1. The molecule has 2 saturated heterocycles. The molecular formula is C36H50FN5O7. The van der Waals surface area contributed by atoms with Gasteiger partial charge in [0.1, 0.15) is 30.3 Å². The molecule has 2 fully saturated rings.